The van der Waals surface area contributed by atoms with Crippen molar-refractivity contribution < 1.29 is 14.3 Å². The molecule has 1 heterocycles. The van der Waals surface area contributed by atoms with E-state index in [1.807, 2.05) is 6.92 Å². The molecule has 0 aliphatic heterocycles. The number of halogens is 1. The van der Waals surface area contributed by atoms with Crippen LogP contribution in [0.3, 0.4) is 0 Å². The highest BCUT2D eigenvalue weighted by molar-refractivity contribution is 6.32. The van der Waals surface area contributed by atoms with Crippen LogP contribution in [-0.4, -0.2) is 29.8 Å². The number of aromatic amines is 1. The van der Waals surface area contributed by atoms with Gasteiger partial charge >= 0.3 is 0 Å². The first kappa shape index (κ1) is 16.9. The Morgan fingerprint density at radius 2 is 2.22 bits per heavy atom. The highest BCUT2D eigenvalue weighted by Gasteiger charge is 2.11. The zero-order valence-corrected chi connectivity index (χ0v) is 13.7. The molecule has 0 saturated heterocycles. The van der Waals surface area contributed by atoms with Gasteiger partial charge in [-0.2, -0.15) is 5.10 Å². The lowest BCUT2D eigenvalue weighted by atomic mass is 10.3. The van der Waals surface area contributed by atoms with E-state index in [2.05, 4.69) is 22.1 Å². The Bertz CT molecular complexity index is 712. The van der Waals surface area contributed by atoms with Gasteiger partial charge in [0.15, 0.2) is 0 Å². The van der Waals surface area contributed by atoms with E-state index in [1.54, 1.807) is 31.4 Å². The first-order chi connectivity index (χ1) is 11.0. The number of hydrogen-bond acceptors (Lipinski definition) is 4. The minimum atomic E-state index is -0.266. The number of hydrogen-bond donors (Lipinski definition) is 2. The number of methoxy groups -OCH3 is 1. The minimum absolute atomic E-state index is 0.215. The lowest BCUT2D eigenvalue weighted by Crippen LogP contribution is -2.25. The number of carbonyl (C=O) groups excluding carboxylic acids is 1. The van der Waals surface area contributed by atoms with Crippen molar-refractivity contribution >= 4 is 17.5 Å². The topological polar surface area (TPSA) is 76.2 Å². The molecular weight excluding hydrogens is 318 g/mol. The Hall–Kier alpha value is -2.47. The van der Waals surface area contributed by atoms with E-state index in [1.165, 1.54) is 0 Å². The number of ether oxygens (including phenoxy) is 2. The lowest BCUT2D eigenvalue weighted by Gasteiger charge is -2.08. The summed E-state index contributed by atoms with van der Waals surface area (Å²) in [7, 11) is 1.57. The summed E-state index contributed by atoms with van der Waals surface area (Å²) in [4.78, 5) is 11.9. The summed E-state index contributed by atoms with van der Waals surface area (Å²) in [6.07, 6.45) is 0. The molecule has 0 unspecified atom stereocenters. The van der Waals surface area contributed by atoms with Gasteiger partial charge in [-0.3, -0.25) is 9.89 Å². The normalized spacial score (nSPS) is 10.2. The van der Waals surface area contributed by atoms with Gasteiger partial charge in [0.05, 0.1) is 17.8 Å². The maximum atomic E-state index is 11.9. The summed E-state index contributed by atoms with van der Waals surface area (Å²) >= 11 is 6.10. The first-order valence-corrected chi connectivity index (χ1v) is 7.30. The van der Waals surface area contributed by atoms with Crippen LogP contribution in [0.5, 0.6) is 11.5 Å². The fourth-order valence-corrected chi connectivity index (χ4v) is 1.98. The summed E-state index contributed by atoms with van der Waals surface area (Å²) in [5.41, 5.74) is 1.83. The molecular formula is C16H18ClN3O3. The Balaban J connectivity index is 1.94. The van der Waals surface area contributed by atoms with Crippen molar-refractivity contribution in [3.8, 4) is 11.5 Å². The van der Waals surface area contributed by atoms with Crippen LogP contribution in [0.15, 0.2) is 36.4 Å². The molecule has 1 aromatic heterocycles. The smallest absolute Gasteiger partial charge is 0.272 e. The van der Waals surface area contributed by atoms with Crippen LogP contribution in [0.2, 0.25) is 5.02 Å². The van der Waals surface area contributed by atoms with Crippen molar-refractivity contribution in [1.29, 1.82) is 0 Å². The van der Waals surface area contributed by atoms with Crippen molar-refractivity contribution in [2.75, 3.05) is 13.7 Å². The number of nitrogens with one attached hydrogen (secondary N) is 2. The molecule has 122 valence electrons. The second kappa shape index (κ2) is 7.69. The molecule has 0 bridgehead atoms. The van der Waals surface area contributed by atoms with E-state index in [-0.39, 0.29) is 12.5 Å². The van der Waals surface area contributed by atoms with E-state index in [9.17, 15) is 4.79 Å². The summed E-state index contributed by atoms with van der Waals surface area (Å²) < 4.78 is 10.7. The second-order valence-corrected chi connectivity index (χ2v) is 5.41. The van der Waals surface area contributed by atoms with Crippen LogP contribution in [0.25, 0.3) is 0 Å². The average molecular weight is 336 g/mol. The standard InChI is InChI=1S/C16H18ClN3O3/c1-10(2)8-18-16(21)14-6-11(19-20-14)9-23-15-5-4-12(22-3)7-13(15)17/h4-7H,1,8-9H2,2-3H3,(H,18,21)(H,19,20). The Morgan fingerprint density at radius 3 is 2.87 bits per heavy atom. The molecule has 1 amide bonds. The molecule has 0 radical (unpaired) electrons. The predicted octanol–water partition coefficient (Wildman–Crippen LogP) is 2.96. The van der Waals surface area contributed by atoms with Gasteiger partial charge in [0, 0.05) is 12.6 Å². The number of carbonyl (C=O) groups is 1. The van der Waals surface area contributed by atoms with E-state index in [0.717, 1.165) is 5.57 Å². The maximum Gasteiger partial charge on any atom is 0.272 e. The molecule has 0 aliphatic rings. The number of nitrogens with zero attached hydrogens (tertiary/aromatic N) is 1. The molecule has 0 spiro atoms. The predicted molar refractivity (Wildman–Crippen MR) is 88.1 cm³/mol. The highest BCUT2D eigenvalue weighted by Crippen LogP contribution is 2.29. The number of amides is 1. The molecule has 0 fully saturated rings. The Labute approximate surface area is 139 Å². The number of aromatic nitrogens is 2. The third kappa shape index (κ3) is 4.75. The van der Waals surface area contributed by atoms with Crippen LogP contribution in [-0.2, 0) is 6.61 Å². The number of benzene rings is 1. The minimum Gasteiger partial charge on any atom is -0.497 e. The SMILES string of the molecule is C=C(C)CNC(=O)c1cc(COc2ccc(OC)cc2Cl)[nH]n1. The van der Waals surface area contributed by atoms with Gasteiger partial charge in [0.1, 0.15) is 23.8 Å². The fraction of sp³-hybridized carbons (Fsp3) is 0.250. The van der Waals surface area contributed by atoms with Gasteiger partial charge in [-0.25, -0.2) is 0 Å². The molecule has 2 rings (SSSR count). The summed E-state index contributed by atoms with van der Waals surface area (Å²) in [5.74, 6) is 0.911. The third-order valence-electron chi connectivity index (χ3n) is 2.94. The van der Waals surface area contributed by atoms with E-state index >= 15 is 0 Å². The average Bonchev–Trinajstić information content (AvgIpc) is 3.00. The van der Waals surface area contributed by atoms with Crippen molar-refractivity contribution in [1.82, 2.24) is 15.5 Å². The van der Waals surface area contributed by atoms with Crippen molar-refractivity contribution in [2.24, 2.45) is 0 Å². The van der Waals surface area contributed by atoms with Gasteiger partial charge in [-0.05, 0) is 25.1 Å². The van der Waals surface area contributed by atoms with Crippen LogP contribution in [0, 0.1) is 0 Å². The number of rotatable bonds is 7. The van der Waals surface area contributed by atoms with Gasteiger partial charge in [-0.15, -0.1) is 0 Å². The maximum absolute atomic E-state index is 11.9. The van der Waals surface area contributed by atoms with E-state index < -0.39 is 0 Å². The van der Waals surface area contributed by atoms with Gasteiger partial charge in [-0.1, -0.05) is 23.8 Å². The molecule has 0 aliphatic carbocycles. The molecule has 2 aromatic rings. The van der Waals surface area contributed by atoms with Gasteiger partial charge < -0.3 is 14.8 Å². The first-order valence-electron chi connectivity index (χ1n) is 6.93. The Morgan fingerprint density at radius 1 is 1.43 bits per heavy atom. The monoisotopic (exact) mass is 335 g/mol. The van der Waals surface area contributed by atoms with E-state index in [0.29, 0.717) is 34.5 Å². The summed E-state index contributed by atoms with van der Waals surface area (Å²) in [6.45, 7) is 6.19. The van der Waals surface area contributed by atoms with Crippen LogP contribution < -0.4 is 14.8 Å². The van der Waals surface area contributed by atoms with Gasteiger partial charge in [0.25, 0.3) is 5.91 Å². The quantitative estimate of drug-likeness (QED) is 0.763. The molecule has 1 aromatic carbocycles. The zero-order chi connectivity index (χ0) is 16.8. The van der Waals surface area contributed by atoms with Crippen molar-refractivity contribution in [3.63, 3.8) is 0 Å². The number of H-pyrrole nitrogens is 1. The molecule has 0 atom stereocenters. The molecule has 0 saturated carbocycles. The lowest BCUT2D eigenvalue weighted by molar-refractivity contribution is 0.0952. The molecule has 23 heavy (non-hydrogen) atoms. The van der Waals surface area contributed by atoms with E-state index in [4.69, 9.17) is 21.1 Å². The summed E-state index contributed by atoms with van der Waals surface area (Å²) in [5, 5.41) is 9.87. The fourth-order valence-electron chi connectivity index (χ4n) is 1.75. The largest absolute Gasteiger partial charge is 0.497 e. The molecule has 6 nitrogen and oxygen atoms in total. The second-order valence-electron chi connectivity index (χ2n) is 5.00. The third-order valence-corrected chi connectivity index (χ3v) is 3.23. The Kier molecular flexibility index (Phi) is 5.65. The highest BCUT2D eigenvalue weighted by atomic mass is 35.5. The zero-order valence-electron chi connectivity index (χ0n) is 13.0. The van der Waals surface area contributed by atoms with Crippen molar-refractivity contribution in [3.05, 3.63) is 52.8 Å². The summed E-state index contributed by atoms with van der Waals surface area (Å²) in [6, 6.07) is 6.77. The van der Waals surface area contributed by atoms with Crippen molar-refractivity contribution in [2.45, 2.75) is 13.5 Å². The molecule has 7 heteroatoms. The van der Waals surface area contributed by atoms with Crippen LogP contribution in [0.1, 0.15) is 23.1 Å². The van der Waals surface area contributed by atoms with Gasteiger partial charge in [0.2, 0.25) is 0 Å². The molecule has 2 N–H and O–H groups in total. The van der Waals surface area contributed by atoms with Crippen LogP contribution >= 0.6 is 11.6 Å². The van der Waals surface area contributed by atoms with Crippen LogP contribution in [0.4, 0.5) is 0 Å².